The Labute approximate surface area is 330 Å². The van der Waals surface area contributed by atoms with Crippen molar-refractivity contribution in [3.8, 4) is 11.5 Å². The van der Waals surface area contributed by atoms with Crippen LogP contribution in [0.25, 0.3) is 16.7 Å². The van der Waals surface area contributed by atoms with Gasteiger partial charge in [-0.3, -0.25) is 14.1 Å². The molecule has 1 fully saturated rings. The maximum absolute atomic E-state index is 13.5. The van der Waals surface area contributed by atoms with Gasteiger partial charge in [-0.15, -0.1) is 9.40 Å². The number of fused-ring (bicyclic) bond motifs is 4. The van der Waals surface area contributed by atoms with Crippen molar-refractivity contribution >= 4 is 68.3 Å². The summed E-state index contributed by atoms with van der Waals surface area (Å²) >= 11 is 0.835. The van der Waals surface area contributed by atoms with E-state index in [0.717, 1.165) is 23.3 Å². The number of amides is 2. The summed E-state index contributed by atoms with van der Waals surface area (Å²) in [5.74, 6) is -3.71. The molecule has 0 radical (unpaired) electrons. The summed E-state index contributed by atoms with van der Waals surface area (Å²) < 4.78 is 48.0. The summed E-state index contributed by atoms with van der Waals surface area (Å²) in [6.07, 6.45) is 3.48. The molecule has 2 amide bonds. The molecule has 0 aromatic heterocycles. The number of ether oxygens (including phenoxy) is 1. The normalized spacial score (nSPS) is 17.9. The molecular formula is C39H38N3O13S2+. The molecule has 4 aliphatic heterocycles. The van der Waals surface area contributed by atoms with Gasteiger partial charge in [0.1, 0.15) is 24.3 Å². The second-order valence-corrected chi connectivity index (χ2v) is 17.2. The van der Waals surface area contributed by atoms with Crippen LogP contribution in [0.4, 0.5) is 5.69 Å². The average Bonchev–Trinajstić information content (AvgIpc) is 3.44. The van der Waals surface area contributed by atoms with E-state index in [1.54, 1.807) is 18.2 Å². The quantitative estimate of drug-likeness (QED) is 0.0395. The largest absolute Gasteiger partial charge is 0.478 e. The number of likely N-dealkylation sites (N-methyl/N-ethyl adjacent to an activating group) is 2. The molecule has 7 rings (SSSR count). The van der Waals surface area contributed by atoms with Crippen LogP contribution < -0.4 is 24.8 Å². The van der Waals surface area contributed by atoms with Crippen molar-refractivity contribution in [3.63, 3.8) is 0 Å². The van der Waals surface area contributed by atoms with E-state index in [4.69, 9.17) is 19.2 Å². The number of rotatable bonds is 10. The molecule has 0 saturated carbocycles. The monoisotopic (exact) mass is 820 g/mol. The Kier molecular flexibility index (Phi) is 9.95. The van der Waals surface area contributed by atoms with E-state index in [-0.39, 0.29) is 46.6 Å². The first-order chi connectivity index (χ1) is 26.7. The number of benzene rings is 3. The van der Waals surface area contributed by atoms with Gasteiger partial charge in [-0.25, -0.2) is 19.4 Å². The zero-order valence-corrected chi connectivity index (χ0v) is 33.2. The Morgan fingerprint density at radius 3 is 2.28 bits per heavy atom. The molecule has 0 atom stereocenters. The van der Waals surface area contributed by atoms with Crippen molar-refractivity contribution in [2.75, 3.05) is 30.5 Å². The smallest absolute Gasteiger partial charge is 0.363 e. The first-order valence-corrected chi connectivity index (χ1v) is 20.1. The summed E-state index contributed by atoms with van der Waals surface area (Å²) in [7, 11) is -0.783. The van der Waals surface area contributed by atoms with E-state index in [2.05, 4.69) is 5.04 Å². The number of hydrogen-bond acceptors (Lipinski definition) is 13. The van der Waals surface area contributed by atoms with Crippen molar-refractivity contribution < 1.29 is 61.5 Å². The highest BCUT2D eigenvalue weighted by Crippen LogP contribution is 2.47. The minimum Gasteiger partial charge on any atom is -0.478 e. The second kappa shape index (κ2) is 14.2. The van der Waals surface area contributed by atoms with Crippen LogP contribution >= 0.6 is 12.0 Å². The van der Waals surface area contributed by atoms with Crippen LogP contribution in [0, 0.1) is 0 Å². The molecule has 4 aliphatic rings. The van der Waals surface area contributed by atoms with Gasteiger partial charge < -0.3 is 19.6 Å². The summed E-state index contributed by atoms with van der Waals surface area (Å²) in [4.78, 5) is 58.4. The molecule has 4 heterocycles. The molecule has 0 unspecified atom stereocenters. The lowest BCUT2D eigenvalue weighted by Gasteiger charge is -2.41. The number of anilines is 1. The van der Waals surface area contributed by atoms with E-state index in [1.165, 1.54) is 18.2 Å². The summed E-state index contributed by atoms with van der Waals surface area (Å²) in [6, 6.07) is 10.7. The van der Waals surface area contributed by atoms with Crippen molar-refractivity contribution in [2.24, 2.45) is 0 Å². The summed E-state index contributed by atoms with van der Waals surface area (Å²) in [5, 5.41) is 24.5. The Bertz CT molecular complexity index is 2610. The van der Waals surface area contributed by atoms with E-state index in [0.29, 0.717) is 43.7 Å². The third-order valence-corrected chi connectivity index (χ3v) is 12.0. The van der Waals surface area contributed by atoms with Crippen molar-refractivity contribution in [2.45, 2.75) is 51.6 Å². The van der Waals surface area contributed by atoms with Gasteiger partial charge >= 0.3 is 11.9 Å². The lowest BCUT2D eigenvalue weighted by molar-refractivity contribution is -0.432. The van der Waals surface area contributed by atoms with E-state index in [9.17, 15) is 37.3 Å². The topological polar surface area (TPSA) is 210 Å². The molecule has 18 heteroatoms. The summed E-state index contributed by atoms with van der Waals surface area (Å²) in [6.45, 7) is 7.77. The Balaban J connectivity index is 1.56. The lowest BCUT2D eigenvalue weighted by Crippen LogP contribution is -2.47. The summed E-state index contributed by atoms with van der Waals surface area (Å²) in [5.41, 5.74) is 2.02. The standard InChI is InChI=1S/C39H37N3O13S2/c1-38(2)16-21(18-56-55-54-48)24-12-27-31(14-29(24)40(38)5)52-32-15-30-25(22(19-57(49,50)51)17-39(3,4)41(30)6)13-28(32)35(27)26-11-20(7-8-23(26)36(45)46)37(47)53-42-33(43)9-10-34(42)44/h7-8,11-17H,9-10,18-19H2,1-6H3,(H2-,45,46,48,49,50,51)/p+1. The van der Waals surface area contributed by atoms with Gasteiger partial charge in [-0.2, -0.15) is 8.42 Å². The molecule has 3 aromatic carbocycles. The SMILES string of the molecule is CN1c2cc3c(cc2C(CSOOO)=CC1(C)C)C(c1cc(C(=O)ON2C(=O)CCC2=O)ccc1C(=O)O)=c1cc2c(cc1O3)=[N+](C)C(C)(C)C=C2CS(=O)(=O)O. The van der Waals surface area contributed by atoms with E-state index >= 15 is 0 Å². The third kappa shape index (κ3) is 7.24. The minimum atomic E-state index is -4.52. The van der Waals surface area contributed by atoms with Gasteiger partial charge in [-0.05, 0) is 67.0 Å². The van der Waals surface area contributed by atoms with Crippen LogP contribution in [-0.2, 0) is 33.9 Å². The van der Waals surface area contributed by atoms with E-state index in [1.807, 2.05) is 69.5 Å². The highest BCUT2D eigenvalue weighted by molar-refractivity contribution is 7.95. The van der Waals surface area contributed by atoms with Crippen molar-refractivity contribution in [1.82, 2.24) is 9.64 Å². The Hall–Kier alpha value is -5.37. The fourth-order valence-electron chi connectivity index (χ4n) is 7.55. The van der Waals surface area contributed by atoms with Gasteiger partial charge in [-0.1, -0.05) is 11.1 Å². The van der Waals surface area contributed by atoms with Gasteiger partial charge in [0, 0.05) is 85.2 Å². The predicted molar refractivity (Wildman–Crippen MR) is 207 cm³/mol. The predicted octanol–water partition coefficient (Wildman–Crippen LogP) is 3.82. The fourth-order valence-corrected chi connectivity index (χ4v) is 8.63. The van der Waals surface area contributed by atoms with Gasteiger partial charge in [0.15, 0.2) is 5.54 Å². The van der Waals surface area contributed by atoms with Gasteiger partial charge in [0.2, 0.25) is 5.36 Å². The Morgan fingerprint density at radius 2 is 1.63 bits per heavy atom. The number of hydroxylamine groups is 2. The maximum Gasteiger partial charge on any atom is 0.363 e. The first kappa shape index (κ1) is 39.8. The molecule has 0 aliphatic carbocycles. The van der Waals surface area contributed by atoms with Crippen LogP contribution in [0.5, 0.6) is 11.5 Å². The molecule has 0 bridgehead atoms. The number of carboxylic acids is 1. The zero-order chi connectivity index (χ0) is 41.4. The van der Waals surface area contributed by atoms with Crippen LogP contribution in [0.2, 0.25) is 0 Å². The highest BCUT2D eigenvalue weighted by Gasteiger charge is 2.38. The van der Waals surface area contributed by atoms with Gasteiger partial charge in [0.25, 0.3) is 21.9 Å². The number of hydrogen-bond donors (Lipinski definition) is 3. The molecule has 0 spiro atoms. The highest BCUT2D eigenvalue weighted by atomic mass is 32.2. The van der Waals surface area contributed by atoms with Gasteiger partial charge in [0.05, 0.1) is 28.3 Å². The molecule has 16 nitrogen and oxygen atoms in total. The van der Waals surface area contributed by atoms with Crippen molar-refractivity contribution in [1.29, 1.82) is 0 Å². The van der Waals surface area contributed by atoms with Crippen molar-refractivity contribution in [3.05, 3.63) is 98.6 Å². The number of carbonyl (C=O) groups is 4. The zero-order valence-electron chi connectivity index (χ0n) is 31.6. The number of carboxylic acid groups (broad SMARTS) is 1. The molecule has 3 N–H and O–H groups in total. The average molecular weight is 821 g/mol. The molecular weight excluding hydrogens is 783 g/mol. The molecule has 298 valence electrons. The molecule has 1 saturated heterocycles. The number of carbonyl (C=O) groups excluding carboxylic acids is 3. The Morgan fingerprint density at radius 1 is 0.930 bits per heavy atom. The minimum absolute atomic E-state index is 0.0351. The molecule has 3 aromatic rings. The lowest BCUT2D eigenvalue weighted by atomic mass is 9.83. The number of nitrogens with zero attached hydrogens (tertiary/aromatic N) is 3. The van der Waals surface area contributed by atoms with Crippen LogP contribution in [0.15, 0.2) is 54.6 Å². The fraction of sp³-hybridized carbons (Fsp3) is 0.308. The first-order valence-electron chi connectivity index (χ1n) is 17.5. The molecule has 57 heavy (non-hydrogen) atoms. The van der Waals surface area contributed by atoms with Crippen LogP contribution in [0.3, 0.4) is 0 Å². The third-order valence-electron chi connectivity index (χ3n) is 10.7. The number of aromatic carboxylic acids is 1. The van der Waals surface area contributed by atoms with E-state index < -0.39 is 50.7 Å². The van der Waals surface area contributed by atoms with Crippen LogP contribution in [-0.4, -0.2) is 88.8 Å². The number of imide groups is 1. The maximum atomic E-state index is 13.5. The second-order valence-electron chi connectivity index (χ2n) is 15.1. The van der Waals surface area contributed by atoms with Crippen LogP contribution in [0.1, 0.15) is 83.5 Å².